The minimum atomic E-state index is -3.88. The maximum absolute atomic E-state index is 13.2. The molecule has 1 aliphatic carbocycles. The topological polar surface area (TPSA) is 242 Å². The Bertz CT molecular complexity index is 1150. The van der Waals surface area contributed by atoms with Crippen LogP contribution in [0.3, 0.4) is 0 Å². The van der Waals surface area contributed by atoms with E-state index in [9.17, 15) is 23.1 Å². The number of amides is 2. The third kappa shape index (κ3) is 9.64. The van der Waals surface area contributed by atoms with E-state index in [-0.39, 0.29) is 36.1 Å². The standard InChI is InChI=1S/C25H41N9O5S/c26-24(27)31-18-10-8-16(9-11-18)13-20(33-40(38,39)15-17-5-2-1-3-6-17)22(36)30-14-21(35)32-19-7-4-12-34(23(19)37)25(28)29/h1-3,5-6,16,18-20,23,33,37H,4,7-15H2,(H3,28,29)(H,30,36)(H,32,35)(H4,26,27,31)/t16?,18?,19?,20-,23?/m1/s1. The SMILES string of the molecule is N=C(N)N1CCCC(NC(=O)CNC(=O)[C@@H](CC2CCC(N=C(N)N)CC2)NS(=O)(=O)Cc2ccccc2)C1O. The molecule has 2 amide bonds. The number of sulfonamides is 1. The van der Waals surface area contributed by atoms with Gasteiger partial charge >= 0.3 is 0 Å². The van der Waals surface area contributed by atoms with E-state index >= 15 is 0 Å². The lowest BCUT2D eigenvalue weighted by Gasteiger charge is -2.38. The van der Waals surface area contributed by atoms with Gasteiger partial charge in [0.05, 0.1) is 24.4 Å². The van der Waals surface area contributed by atoms with Crippen molar-refractivity contribution in [2.24, 2.45) is 28.1 Å². The van der Waals surface area contributed by atoms with Gasteiger partial charge in [0.15, 0.2) is 11.9 Å². The molecule has 3 rings (SSSR count). The summed E-state index contributed by atoms with van der Waals surface area (Å²) in [5.41, 5.74) is 17.1. The van der Waals surface area contributed by atoms with Gasteiger partial charge in [0.1, 0.15) is 12.3 Å². The van der Waals surface area contributed by atoms with Crippen molar-refractivity contribution in [1.82, 2.24) is 20.3 Å². The van der Waals surface area contributed by atoms with Crippen molar-refractivity contribution in [3.05, 3.63) is 35.9 Å². The molecule has 14 nitrogen and oxygen atoms in total. The van der Waals surface area contributed by atoms with Gasteiger partial charge in [-0.15, -0.1) is 0 Å². The lowest BCUT2D eigenvalue weighted by molar-refractivity contribution is -0.128. The van der Waals surface area contributed by atoms with Gasteiger partial charge in [0, 0.05) is 6.54 Å². The Morgan fingerprint density at radius 3 is 2.40 bits per heavy atom. The summed E-state index contributed by atoms with van der Waals surface area (Å²) in [6.07, 6.45) is 3.08. The molecule has 15 heteroatoms. The van der Waals surface area contributed by atoms with Gasteiger partial charge in [-0.3, -0.25) is 20.0 Å². The van der Waals surface area contributed by atoms with Gasteiger partial charge in [-0.1, -0.05) is 30.3 Å². The van der Waals surface area contributed by atoms with Gasteiger partial charge in [-0.25, -0.2) is 13.1 Å². The van der Waals surface area contributed by atoms with Crippen LogP contribution in [0.4, 0.5) is 0 Å². The Kier molecular flexibility index (Phi) is 11.1. The average Bonchev–Trinajstić information content (AvgIpc) is 2.89. The second-order valence-electron chi connectivity index (χ2n) is 10.4. The molecule has 0 radical (unpaired) electrons. The predicted octanol–water partition coefficient (Wildman–Crippen LogP) is -1.39. The first kappa shape index (κ1) is 31.1. The molecule has 2 fully saturated rings. The van der Waals surface area contributed by atoms with Gasteiger partial charge in [-0.2, -0.15) is 0 Å². The van der Waals surface area contributed by atoms with Crippen LogP contribution in [0.1, 0.15) is 50.5 Å². The smallest absolute Gasteiger partial charge is 0.239 e. The number of rotatable bonds is 11. The molecule has 1 aliphatic heterocycles. The van der Waals surface area contributed by atoms with Crippen LogP contribution in [0.15, 0.2) is 35.3 Å². The molecule has 1 saturated heterocycles. The van der Waals surface area contributed by atoms with Gasteiger partial charge < -0.3 is 37.8 Å². The number of nitrogens with one attached hydrogen (secondary N) is 4. The molecule has 222 valence electrons. The number of nitrogens with two attached hydrogens (primary N) is 3. The number of hydrogen-bond donors (Lipinski definition) is 8. The monoisotopic (exact) mass is 579 g/mol. The number of hydrogen-bond acceptors (Lipinski definition) is 7. The molecule has 1 aromatic carbocycles. The van der Waals surface area contributed by atoms with Crippen molar-refractivity contribution < 1.29 is 23.1 Å². The van der Waals surface area contributed by atoms with Crippen LogP contribution >= 0.6 is 0 Å². The number of carbonyl (C=O) groups is 2. The quantitative estimate of drug-likeness (QED) is 0.113. The number of carbonyl (C=O) groups excluding carboxylic acids is 2. The Balaban J connectivity index is 1.62. The van der Waals surface area contributed by atoms with Crippen LogP contribution in [0.2, 0.25) is 0 Å². The Morgan fingerprint density at radius 1 is 1.10 bits per heavy atom. The second-order valence-corrected chi connectivity index (χ2v) is 12.2. The van der Waals surface area contributed by atoms with Crippen molar-refractivity contribution in [1.29, 1.82) is 5.41 Å². The van der Waals surface area contributed by atoms with Gasteiger partial charge in [-0.05, 0) is 56.4 Å². The molecule has 3 atom stereocenters. The van der Waals surface area contributed by atoms with Crippen molar-refractivity contribution in [2.75, 3.05) is 13.1 Å². The van der Waals surface area contributed by atoms with E-state index in [1.807, 2.05) is 0 Å². The van der Waals surface area contributed by atoms with Crippen LogP contribution in [0.25, 0.3) is 0 Å². The summed E-state index contributed by atoms with van der Waals surface area (Å²) < 4.78 is 28.5. The fourth-order valence-corrected chi connectivity index (χ4v) is 6.60. The molecule has 0 spiro atoms. The van der Waals surface area contributed by atoms with Crippen molar-refractivity contribution >= 4 is 33.8 Å². The van der Waals surface area contributed by atoms with Gasteiger partial charge in [0.2, 0.25) is 21.8 Å². The molecule has 0 aromatic heterocycles. The van der Waals surface area contributed by atoms with E-state index in [1.54, 1.807) is 30.3 Å². The number of nitrogens with zero attached hydrogens (tertiary/aromatic N) is 2. The lowest BCUT2D eigenvalue weighted by Crippen LogP contribution is -2.59. The number of aliphatic hydroxyl groups is 1. The average molecular weight is 580 g/mol. The number of aliphatic imine (C=N–C) groups is 1. The summed E-state index contributed by atoms with van der Waals surface area (Å²) in [6.45, 7) is -0.00541. The minimum absolute atomic E-state index is 0.000981. The predicted molar refractivity (Wildman–Crippen MR) is 151 cm³/mol. The second kappa shape index (κ2) is 14.3. The van der Waals surface area contributed by atoms with E-state index < -0.39 is 46.7 Å². The summed E-state index contributed by atoms with van der Waals surface area (Å²) in [7, 11) is -3.88. The normalized spacial score (nSPS) is 24.0. The molecule has 2 unspecified atom stereocenters. The fraction of sp³-hybridized carbons (Fsp3) is 0.600. The first-order valence-electron chi connectivity index (χ1n) is 13.4. The van der Waals surface area contributed by atoms with Crippen LogP contribution in [0, 0.1) is 11.3 Å². The number of guanidine groups is 2. The van der Waals surface area contributed by atoms with Gasteiger partial charge in [0.25, 0.3) is 0 Å². The summed E-state index contributed by atoms with van der Waals surface area (Å²) in [6, 6.07) is 6.90. The van der Waals surface area contributed by atoms with E-state index in [0.29, 0.717) is 24.9 Å². The largest absolute Gasteiger partial charge is 0.371 e. The molecule has 11 N–H and O–H groups in total. The first-order valence-corrected chi connectivity index (χ1v) is 15.1. The van der Waals surface area contributed by atoms with Crippen molar-refractivity contribution in [3.8, 4) is 0 Å². The van der Waals surface area contributed by atoms with Crippen LogP contribution < -0.4 is 32.6 Å². The van der Waals surface area contributed by atoms with E-state index in [2.05, 4.69) is 20.3 Å². The highest BCUT2D eigenvalue weighted by Crippen LogP contribution is 2.29. The van der Waals surface area contributed by atoms with E-state index in [0.717, 1.165) is 25.7 Å². The number of likely N-dealkylation sites (tertiary alicyclic amines) is 1. The molecule has 2 aliphatic rings. The zero-order chi connectivity index (χ0) is 29.3. The Morgan fingerprint density at radius 2 is 1.77 bits per heavy atom. The number of benzene rings is 1. The highest BCUT2D eigenvalue weighted by Gasteiger charge is 2.33. The minimum Gasteiger partial charge on any atom is -0.371 e. The van der Waals surface area contributed by atoms with Crippen LogP contribution in [-0.2, 0) is 25.4 Å². The van der Waals surface area contributed by atoms with Crippen molar-refractivity contribution in [2.45, 2.75) is 75.1 Å². The zero-order valence-electron chi connectivity index (χ0n) is 22.5. The molecule has 1 saturated carbocycles. The highest BCUT2D eigenvalue weighted by molar-refractivity contribution is 7.88. The molecular formula is C25H41N9O5S. The van der Waals surface area contributed by atoms with Crippen LogP contribution in [0.5, 0.6) is 0 Å². The summed E-state index contributed by atoms with van der Waals surface area (Å²) in [5.74, 6) is -1.66. The summed E-state index contributed by atoms with van der Waals surface area (Å²) in [5, 5.41) is 23.2. The number of aliphatic hydroxyl groups excluding tert-OH is 1. The maximum Gasteiger partial charge on any atom is 0.239 e. The highest BCUT2D eigenvalue weighted by atomic mass is 32.2. The zero-order valence-corrected chi connectivity index (χ0v) is 23.3. The third-order valence-corrected chi connectivity index (χ3v) is 8.58. The first-order chi connectivity index (χ1) is 18.9. The maximum atomic E-state index is 13.2. The van der Waals surface area contributed by atoms with E-state index in [1.165, 1.54) is 4.90 Å². The number of piperidine rings is 1. The fourth-order valence-electron chi connectivity index (χ4n) is 5.25. The summed E-state index contributed by atoms with van der Waals surface area (Å²) in [4.78, 5) is 31.3. The molecular weight excluding hydrogens is 538 g/mol. The third-order valence-electron chi connectivity index (χ3n) is 7.23. The molecule has 40 heavy (non-hydrogen) atoms. The van der Waals surface area contributed by atoms with E-state index in [4.69, 9.17) is 22.6 Å². The Hall–Kier alpha value is -3.43. The van der Waals surface area contributed by atoms with Crippen LogP contribution in [-0.4, -0.2) is 79.6 Å². The molecule has 0 bridgehead atoms. The lowest BCUT2D eigenvalue weighted by atomic mass is 9.82. The summed E-state index contributed by atoms with van der Waals surface area (Å²) >= 11 is 0. The molecule has 1 heterocycles. The van der Waals surface area contributed by atoms with Crippen molar-refractivity contribution in [3.63, 3.8) is 0 Å². The Labute approximate surface area is 234 Å². The molecule has 1 aromatic rings.